The molecule has 0 radical (unpaired) electrons. The van der Waals surface area contributed by atoms with E-state index in [9.17, 15) is 0 Å². The molecule has 0 aliphatic carbocycles. The quantitative estimate of drug-likeness (QED) is 0.716. The highest BCUT2D eigenvalue weighted by Crippen LogP contribution is 2.30. The molecule has 0 saturated heterocycles. The summed E-state index contributed by atoms with van der Waals surface area (Å²) in [5.41, 5.74) is 1.04. The summed E-state index contributed by atoms with van der Waals surface area (Å²) in [7, 11) is 1.71. The maximum atomic E-state index is 5.83. The van der Waals surface area contributed by atoms with Gasteiger partial charge in [-0.05, 0) is 13.3 Å². The van der Waals surface area contributed by atoms with Crippen molar-refractivity contribution in [1.82, 2.24) is 10.3 Å². The van der Waals surface area contributed by atoms with Crippen molar-refractivity contribution in [3.63, 3.8) is 0 Å². The fourth-order valence-corrected chi connectivity index (χ4v) is 3.07. The van der Waals surface area contributed by atoms with Gasteiger partial charge in [0.1, 0.15) is 11.1 Å². The number of rotatable bonds is 10. The van der Waals surface area contributed by atoms with Crippen LogP contribution in [0.25, 0.3) is 0 Å². The first-order valence-corrected chi connectivity index (χ1v) is 8.26. The van der Waals surface area contributed by atoms with Crippen molar-refractivity contribution >= 4 is 11.3 Å². The van der Waals surface area contributed by atoms with Crippen LogP contribution in [0, 0.1) is 0 Å². The van der Waals surface area contributed by atoms with E-state index in [-0.39, 0.29) is 6.10 Å². The molecule has 1 atom stereocenters. The second-order valence-electron chi connectivity index (χ2n) is 5.12. The van der Waals surface area contributed by atoms with E-state index < -0.39 is 0 Å². The standard InChI is InChI=1S/C15H28N2O2S/c1-6-8-13(19-7-2)15-17-12(10-18-5)14(20-15)9-16-11(3)4/h11,13,16H,6-10H2,1-5H3. The summed E-state index contributed by atoms with van der Waals surface area (Å²) in [6.07, 6.45) is 2.24. The van der Waals surface area contributed by atoms with E-state index in [1.165, 1.54) is 4.88 Å². The second kappa shape index (κ2) is 9.45. The van der Waals surface area contributed by atoms with Crippen LogP contribution in [-0.2, 0) is 22.6 Å². The molecule has 0 saturated carbocycles. The summed E-state index contributed by atoms with van der Waals surface area (Å²) in [6.45, 7) is 10.7. The topological polar surface area (TPSA) is 43.4 Å². The average Bonchev–Trinajstić information content (AvgIpc) is 2.80. The van der Waals surface area contributed by atoms with Crippen LogP contribution in [0.15, 0.2) is 0 Å². The molecule has 20 heavy (non-hydrogen) atoms. The van der Waals surface area contributed by atoms with E-state index in [1.54, 1.807) is 18.4 Å². The summed E-state index contributed by atoms with van der Waals surface area (Å²) >= 11 is 1.75. The number of nitrogens with one attached hydrogen (secondary N) is 1. The van der Waals surface area contributed by atoms with Crippen LogP contribution < -0.4 is 5.32 Å². The summed E-state index contributed by atoms with van der Waals surface area (Å²) in [5, 5.41) is 4.54. The number of ether oxygens (including phenoxy) is 2. The third kappa shape index (κ3) is 5.48. The number of hydrogen-bond donors (Lipinski definition) is 1. The largest absolute Gasteiger partial charge is 0.378 e. The Morgan fingerprint density at radius 2 is 2.05 bits per heavy atom. The Morgan fingerprint density at radius 1 is 1.30 bits per heavy atom. The van der Waals surface area contributed by atoms with Crippen molar-refractivity contribution in [3.8, 4) is 0 Å². The van der Waals surface area contributed by atoms with Gasteiger partial charge in [-0.2, -0.15) is 0 Å². The highest BCUT2D eigenvalue weighted by atomic mass is 32.1. The fourth-order valence-electron chi connectivity index (χ4n) is 1.97. The van der Waals surface area contributed by atoms with Crippen molar-refractivity contribution in [3.05, 3.63) is 15.6 Å². The third-order valence-electron chi connectivity index (χ3n) is 2.94. The van der Waals surface area contributed by atoms with Gasteiger partial charge in [-0.1, -0.05) is 27.2 Å². The molecular weight excluding hydrogens is 272 g/mol. The zero-order valence-electron chi connectivity index (χ0n) is 13.4. The summed E-state index contributed by atoms with van der Waals surface area (Å²) in [5.74, 6) is 0. The lowest BCUT2D eigenvalue weighted by atomic mass is 10.2. The van der Waals surface area contributed by atoms with Crippen LogP contribution >= 0.6 is 11.3 Å². The summed E-state index contributed by atoms with van der Waals surface area (Å²) in [4.78, 5) is 6.00. The van der Waals surface area contributed by atoms with Gasteiger partial charge in [0.05, 0.1) is 12.3 Å². The minimum atomic E-state index is 0.124. The van der Waals surface area contributed by atoms with Crippen molar-refractivity contribution in [2.45, 2.75) is 65.8 Å². The van der Waals surface area contributed by atoms with Crippen LogP contribution in [-0.4, -0.2) is 24.7 Å². The first-order chi connectivity index (χ1) is 9.62. The smallest absolute Gasteiger partial charge is 0.122 e. The van der Waals surface area contributed by atoms with Crippen LogP contribution in [0.4, 0.5) is 0 Å². The van der Waals surface area contributed by atoms with E-state index in [4.69, 9.17) is 14.5 Å². The Hall–Kier alpha value is -0.490. The van der Waals surface area contributed by atoms with Gasteiger partial charge >= 0.3 is 0 Å². The highest BCUT2D eigenvalue weighted by molar-refractivity contribution is 7.11. The molecule has 1 unspecified atom stereocenters. The predicted octanol–water partition coefficient (Wildman–Crippen LogP) is 3.67. The van der Waals surface area contributed by atoms with Crippen molar-refractivity contribution < 1.29 is 9.47 Å². The minimum Gasteiger partial charge on any atom is -0.378 e. The Balaban J connectivity index is 2.87. The molecule has 0 aliphatic rings. The van der Waals surface area contributed by atoms with Crippen molar-refractivity contribution in [2.75, 3.05) is 13.7 Å². The first kappa shape index (κ1) is 17.6. The fraction of sp³-hybridized carbons (Fsp3) is 0.800. The molecule has 0 amide bonds. The molecular formula is C15H28N2O2S. The van der Waals surface area contributed by atoms with Gasteiger partial charge in [0, 0.05) is 31.2 Å². The van der Waals surface area contributed by atoms with Gasteiger partial charge in [-0.25, -0.2) is 4.98 Å². The number of methoxy groups -OCH3 is 1. The van der Waals surface area contributed by atoms with Gasteiger partial charge < -0.3 is 14.8 Å². The Bertz CT molecular complexity index is 374. The zero-order valence-corrected chi connectivity index (χ0v) is 14.2. The van der Waals surface area contributed by atoms with Gasteiger partial charge in [-0.3, -0.25) is 0 Å². The molecule has 0 spiro atoms. The molecule has 1 aromatic rings. The molecule has 5 heteroatoms. The van der Waals surface area contributed by atoms with Gasteiger partial charge in [0.25, 0.3) is 0 Å². The molecule has 116 valence electrons. The molecule has 0 aromatic carbocycles. The predicted molar refractivity (Wildman–Crippen MR) is 84.1 cm³/mol. The maximum absolute atomic E-state index is 5.83. The molecule has 4 nitrogen and oxygen atoms in total. The zero-order chi connectivity index (χ0) is 15.0. The van der Waals surface area contributed by atoms with Crippen LogP contribution in [0.2, 0.25) is 0 Å². The van der Waals surface area contributed by atoms with E-state index in [1.807, 2.05) is 6.92 Å². The highest BCUT2D eigenvalue weighted by Gasteiger charge is 2.19. The summed E-state index contributed by atoms with van der Waals surface area (Å²) < 4.78 is 11.1. The molecule has 0 fully saturated rings. The van der Waals surface area contributed by atoms with Gasteiger partial charge in [0.2, 0.25) is 0 Å². The van der Waals surface area contributed by atoms with E-state index in [2.05, 4.69) is 26.1 Å². The van der Waals surface area contributed by atoms with Gasteiger partial charge in [0.15, 0.2) is 0 Å². The SMILES string of the molecule is CCCC(OCC)c1nc(COC)c(CNC(C)C)s1. The average molecular weight is 300 g/mol. The molecule has 1 heterocycles. The van der Waals surface area contributed by atoms with Gasteiger partial charge in [-0.15, -0.1) is 11.3 Å². The lowest BCUT2D eigenvalue weighted by Crippen LogP contribution is -2.21. The monoisotopic (exact) mass is 300 g/mol. The lowest BCUT2D eigenvalue weighted by Gasteiger charge is -2.12. The normalized spacial score (nSPS) is 13.1. The molecule has 1 aromatic heterocycles. The Labute approximate surface area is 126 Å². The maximum Gasteiger partial charge on any atom is 0.122 e. The lowest BCUT2D eigenvalue weighted by molar-refractivity contribution is 0.0552. The Kier molecular flexibility index (Phi) is 8.30. The van der Waals surface area contributed by atoms with E-state index in [0.717, 1.165) is 36.7 Å². The second-order valence-corrected chi connectivity index (χ2v) is 6.24. The summed E-state index contributed by atoms with van der Waals surface area (Å²) in [6, 6.07) is 0.467. The van der Waals surface area contributed by atoms with E-state index >= 15 is 0 Å². The van der Waals surface area contributed by atoms with Crippen LogP contribution in [0.1, 0.15) is 62.2 Å². The molecule has 1 rings (SSSR count). The van der Waals surface area contributed by atoms with Crippen LogP contribution in [0.5, 0.6) is 0 Å². The number of aromatic nitrogens is 1. The van der Waals surface area contributed by atoms with Crippen LogP contribution in [0.3, 0.4) is 0 Å². The number of hydrogen-bond acceptors (Lipinski definition) is 5. The van der Waals surface area contributed by atoms with Crippen molar-refractivity contribution in [2.24, 2.45) is 0 Å². The number of thiazole rings is 1. The number of nitrogens with zero attached hydrogens (tertiary/aromatic N) is 1. The minimum absolute atomic E-state index is 0.124. The first-order valence-electron chi connectivity index (χ1n) is 7.44. The molecule has 0 bridgehead atoms. The third-order valence-corrected chi connectivity index (χ3v) is 4.13. The molecule has 0 aliphatic heterocycles. The molecule has 1 N–H and O–H groups in total. The van der Waals surface area contributed by atoms with Crippen molar-refractivity contribution in [1.29, 1.82) is 0 Å². The van der Waals surface area contributed by atoms with E-state index in [0.29, 0.717) is 12.6 Å². The Morgan fingerprint density at radius 3 is 2.60 bits per heavy atom.